The van der Waals surface area contributed by atoms with Crippen LogP contribution in [0.4, 0.5) is 5.69 Å². The highest BCUT2D eigenvalue weighted by molar-refractivity contribution is 6.04. The largest absolute Gasteiger partial charge is 0.322 e. The second-order valence-corrected chi connectivity index (χ2v) is 6.78. The van der Waals surface area contributed by atoms with Gasteiger partial charge in [0.25, 0.3) is 11.8 Å². The third-order valence-corrected chi connectivity index (χ3v) is 4.69. The Bertz CT molecular complexity index is 788. The standard InChI is InChI=1S/C22H25N3O2/c26-21(17-9-5-4-6-10-17)23-19-15-13-18(14-16-19)22(27)25-24-20-11-7-2-1-3-8-12-20/h4-6,9-10,13-16H,1-3,7-8,11-12H2,(H,23,26)(H,25,27). The Hall–Kier alpha value is -2.95. The smallest absolute Gasteiger partial charge is 0.271 e. The minimum atomic E-state index is -0.231. The van der Waals surface area contributed by atoms with Crippen molar-refractivity contribution >= 4 is 23.2 Å². The predicted molar refractivity (Wildman–Crippen MR) is 108 cm³/mol. The normalized spacial score (nSPS) is 14.6. The number of hydrogen-bond acceptors (Lipinski definition) is 3. The van der Waals surface area contributed by atoms with Crippen molar-refractivity contribution in [3.63, 3.8) is 0 Å². The molecule has 2 amide bonds. The van der Waals surface area contributed by atoms with E-state index in [2.05, 4.69) is 15.8 Å². The van der Waals surface area contributed by atoms with Gasteiger partial charge in [-0.1, -0.05) is 37.5 Å². The summed E-state index contributed by atoms with van der Waals surface area (Å²) in [6, 6.07) is 15.8. The minimum Gasteiger partial charge on any atom is -0.322 e. The van der Waals surface area contributed by atoms with Crippen LogP contribution in [0.5, 0.6) is 0 Å². The van der Waals surface area contributed by atoms with E-state index in [1.807, 2.05) is 18.2 Å². The van der Waals surface area contributed by atoms with E-state index in [0.29, 0.717) is 16.8 Å². The number of amides is 2. The van der Waals surface area contributed by atoms with E-state index in [4.69, 9.17) is 0 Å². The van der Waals surface area contributed by atoms with Crippen LogP contribution in [0, 0.1) is 0 Å². The zero-order chi connectivity index (χ0) is 18.9. The van der Waals surface area contributed by atoms with Gasteiger partial charge in [0.15, 0.2) is 0 Å². The van der Waals surface area contributed by atoms with E-state index in [0.717, 1.165) is 31.4 Å². The molecule has 2 N–H and O–H groups in total. The highest BCUT2D eigenvalue weighted by Gasteiger charge is 2.09. The van der Waals surface area contributed by atoms with Gasteiger partial charge in [-0.25, -0.2) is 5.43 Å². The summed E-state index contributed by atoms with van der Waals surface area (Å²) in [7, 11) is 0. The molecule has 1 aliphatic rings. The molecule has 0 spiro atoms. The molecule has 2 aromatic carbocycles. The van der Waals surface area contributed by atoms with Crippen molar-refractivity contribution in [3.8, 4) is 0 Å². The number of anilines is 1. The van der Waals surface area contributed by atoms with Crippen molar-refractivity contribution in [1.29, 1.82) is 0 Å². The molecule has 0 atom stereocenters. The van der Waals surface area contributed by atoms with Gasteiger partial charge in [-0.15, -0.1) is 0 Å². The summed E-state index contributed by atoms with van der Waals surface area (Å²) in [6.07, 6.45) is 7.99. The number of hydrazone groups is 1. The van der Waals surface area contributed by atoms with Gasteiger partial charge in [-0.3, -0.25) is 9.59 Å². The van der Waals surface area contributed by atoms with Crippen molar-refractivity contribution in [2.24, 2.45) is 5.10 Å². The number of rotatable bonds is 4. The average molecular weight is 363 g/mol. The van der Waals surface area contributed by atoms with Gasteiger partial charge in [-0.05, 0) is 62.1 Å². The zero-order valence-corrected chi connectivity index (χ0v) is 15.4. The molecular weight excluding hydrogens is 338 g/mol. The molecule has 1 saturated carbocycles. The summed E-state index contributed by atoms with van der Waals surface area (Å²) in [5.74, 6) is -0.408. The maximum atomic E-state index is 12.3. The Morgan fingerprint density at radius 3 is 1.96 bits per heavy atom. The fourth-order valence-corrected chi connectivity index (χ4v) is 3.12. The topological polar surface area (TPSA) is 70.6 Å². The third kappa shape index (κ3) is 5.78. The first-order valence-corrected chi connectivity index (χ1v) is 9.54. The van der Waals surface area contributed by atoms with Gasteiger partial charge >= 0.3 is 0 Å². The zero-order valence-electron chi connectivity index (χ0n) is 15.4. The van der Waals surface area contributed by atoms with Crippen molar-refractivity contribution < 1.29 is 9.59 Å². The SMILES string of the molecule is O=C(NN=C1CCCCCCC1)c1ccc(NC(=O)c2ccccc2)cc1. The number of nitrogens with zero attached hydrogens (tertiary/aromatic N) is 1. The van der Waals surface area contributed by atoms with E-state index in [1.165, 1.54) is 19.3 Å². The molecular formula is C22H25N3O2. The van der Waals surface area contributed by atoms with Gasteiger partial charge in [0.2, 0.25) is 0 Å². The van der Waals surface area contributed by atoms with Crippen molar-refractivity contribution in [1.82, 2.24) is 5.43 Å². The maximum absolute atomic E-state index is 12.3. The van der Waals surface area contributed by atoms with Crippen molar-refractivity contribution in [3.05, 3.63) is 65.7 Å². The van der Waals surface area contributed by atoms with Crippen LogP contribution in [-0.4, -0.2) is 17.5 Å². The van der Waals surface area contributed by atoms with E-state index in [9.17, 15) is 9.59 Å². The van der Waals surface area contributed by atoms with Crippen LogP contribution in [0.1, 0.15) is 65.7 Å². The maximum Gasteiger partial charge on any atom is 0.271 e. The molecule has 1 fully saturated rings. The molecule has 2 aromatic rings. The first-order valence-electron chi connectivity index (χ1n) is 9.54. The summed E-state index contributed by atoms with van der Waals surface area (Å²) in [5.41, 5.74) is 5.50. The van der Waals surface area contributed by atoms with E-state index in [-0.39, 0.29) is 11.8 Å². The molecule has 3 rings (SSSR count). The van der Waals surface area contributed by atoms with Crippen LogP contribution >= 0.6 is 0 Å². The summed E-state index contributed by atoms with van der Waals surface area (Å²) >= 11 is 0. The molecule has 0 unspecified atom stereocenters. The monoisotopic (exact) mass is 363 g/mol. The quantitative estimate of drug-likeness (QED) is 0.768. The number of hydrogen-bond donors (Lipinski definition) is 2. The lowest BCUT2D eigenvalue weighted by atomic mass is 9.99. The van der Waals surface area contributed by atoms with Crippen LogP contribution in [0.25, 0.3) is 0 Å². The Labute approximate surface area is 159 Å². The average Bonchev–Trinajstić information content (AvgIpc) is 2.68. The molecule has 0 radical (unpaired) electrons. The predicted octanol–water partition coefficient (Wildman–Crippen LogP) is 4.77. The first kappa shape index (κ1) is 18.8. The van der Waals surface area contributed by atoms with Crippen molar-refractivity contribution in [2.75, 3.05) is 5.32 Å². The fourth-order valence-electron chi connectivity index (χ4n) is 3.12. The second-order valence-electron chi connectivity index (χ2n) is 6.78. The molecule has 27 heavy (non-hydrogen) atoms. The molecule has 5 nitrogen and oxygen atoms in total. The molecule has 0 heterocycles. The highest BCUT2D eigenvalue weighted by Crippen LogP contribution is 2.15. The molecule has 140 valence electrons. The van der Waals surface area contributed by atoms with Gasteiger partial charge in [-0.2, -0.15) is 5.10 Å². The Balaban J connectivity index is 1.56. The number of nitrogens with one attached hydrogen (secondary N) is 2. The van der Waals surface area contributed by atoms with E-state index < -0.39 is 0 Å². The third-order valence-electron chi connectivity index (χ3n) is 4.69. The molecule has 0 aliphatic heterocycles. The minimum absolute atomic E-state index is 0.177. The summed E-state index contributed by atoms with van der Waals surface area (Å²) in [5, 5.41) is 7.14. The number of carbonyl (C=O) groups is 2. The molecule has 5 heteroatoms. The second kappa shape index (κ2) is 9.67. The number of benzene rings is 2. The summed E-state index contributed by atoms with van der Waals surface area (Å²) in [4.78, 5) is 24.4. The van der Waals surface area contributed by atoms with Crippen LogP contribution < -0.4 is 10.7 Å². The van der Waals surface area contributed by atoms with Crippen molar-refractivity contribution in [2.45, 2.75) is 44.9 Å². The number of carbonyl (C=O) groups excluding carboxylic acids is 2. The van der Waals surface area contributed by atoms with Gasteiger partial charge < -0.3 is 5.32 Å². The van der Waals surface area contributed by atoms with Crippen LogP contribution in [0.3, 0.4) is 0 Å². The lowest BCUT2D eigenvalue weighted by molar-refractivity contribution is 0.0954. The molecule has 1 aliphatic carbocycles. The lowest BCUT2D eigenvalue weighted by Crippen LogP contribution is -2.20. The summed E-state index contributed by atoms with van der Waals surface area (Å²) in [6.45, 7) is 0. The molecule has 0 saturated heterocycles. The molecule has 0 aromatic heterocycles. The fraction of sp³-hybridized carbons (Fsp3) is 0.318. The Morgan fingerprint density at radius 2 is 1.30 bits per heavy atom. The summed E-state index contributed by atoms with van der Waals surface area (Å²) < 4.78 is 0. The van der Waals surface area contributed by atoms with Gasteiger partial charge in [0.05, 0.1) is 0 Å². The van der Waals surface area contributed by atoms with Crippen LogP contribution in [-0.2, 0) is 0 Å². The highest BCUT2D eigenvalue weighted by atomic mass is 16.2. The Morgan fingerprint density at radius 1 is 0.704 bits per heavy atom. The van der Waals surface area contributed by atoms with Gasteiger partial charge in [0.1, 0.15) is 0 Å². The van der Waals surface area contributed by atoms with E-state index in [1.54, 1.807) is 36.4 Å². The lowest BCUT2D eigenvalue weighted by Gasteiger charge is -2.11. The Kier molecular flexibility index (Phi) is 6.74. The first-order chi connectivity index (χ1) is 13.2. The van der Waals surface area contributed by atoms with Crippen LogP contribution in [0.15, 0.2) is 59.7 Å². The van der Waals surface area contributed by atoms with Crippen LogP contribution in [0.2, 0.25) is 0 Å². The van der Waals surface area contributed by atoms with E-state index >= 15 is 0 Å². The molecule has 0 bridgehead atoms. The van der Waals surface area contributed by atoms with Gasteiger partial charge in [0, 0.05) is 22.5 Å².